The number of benzene rings is 1. The van der Waals surface area contributed by atoms with Crippen molar-refractivity contribution in [3.63, 3.8) is 0 Å². The van der Waals surface area contributed by atoms with Gasteiger partial charge in [-0.15, -0.1) is 10.2 Å². The van der Waals surface area contributed by atoms with E-state index < -0.39 is 0 Å². The fourth-order valence-electron chi connectivity index (χ4n) is 3.33. The average Bonchev–Trinajstić information content (AvgIpc) is 2.60. The first-order chi connectivity index (χ1) is 12.1. The van der Waals surface area contributed by atoms with Gasteiger partial charge >= 0.3 is 0 Å². The molecule has 2 heterocycles. The van der Waals surface area contributed by atoms with Crippen LogP contribution in [0.1, 0.15) is 36.1 Å². The lowest BCUT2D eigenvalue weighted by Gasteiger charge is -2.42. The Hall–Kier alpha value is -2.75. The van der Waals surface area contributed by atoms with Gasteiger partial charge in [-0.05, 0) is 62.9 Å². The molecule has 0 unspecified atom stereocenters. The van der Waals surface area contributed by atoms with Crippen LogP contribution in [0.2, 0.25) is 0 Å². The maximum absolute atomic E-state index is 4.63. The SMILES string of the molecule is Cc1ccc(C2(Nc3ccc(-c4cccc(C)c4)nn3)CCC2)nc1. The van der Waals surface area contributed by atoms with Crippen LogP contribution < -0.4 is 5.32 Å². The van der Waals surface area contributed by atoms with E-state index in [1.165, 1.54) is 17.5 Å². The monoisotopic (exact) mass is 330 g/mol. The molecule has 3 aromatic rings. The zero-order chi connectivity index (χ0) is 17.3. The van der Waals surface area contributed by atoms with Gasteiger partial charge in [0.1, 0.15) is 5.82 Å². The van der Waals surface area contributed by atoms with E-state index in [-0.39, 0.29) is 5.54 Å². The summed E-state index contributed by atoms with van der Waals surface area (Å²) in [7, 11) is 0. The minimum Gasteiger partial charge on any atom is -0.357 e. The molecule has 0 atom stereocenters. The van der Waals surface area contributed by atoms with Gasteiger partial charge in [0, 0.05) is 11.8 Å². The summed E-state index contributed by atoms with van der Waals surface area (Å²) in [4.78, 5) is 4.63. The van der Waals surface area contributed by atoms with Crippen LogP contribution in [0.4, 0.5) is 5.82 Å². The van der Waals surface area contributed by atoms with Crippen molar-refractivity contribution in [1.29, 1.82) is 0 Å². The van der Waals surface area contributed by atoms with Crippen molar-refractivity contribution in [1.82, 2.24) is 15.2 Å². The first-order valence-electron chi connectivity index (χ1n) is 8.77. The molecule has 0 amide bonds. The number of aryl methyl sites for hydroxylation is 2. The van der Waals surface area contributed by atoms with E-state index >= 15 is 0 Å². The Morgan fingerprint density at radius 2 is 1.80 bits per heavy atom. The molecule has 0 bridgehead atoms. The van der Waals surface area contributed by atoms with Crippen molar-refractivity contribution >= 4 is 5.82 Å². The maximum Gasteiger partial charge on any atom is 0.149 e. The van der Waals surface area contributed by atoms with E-state index in [9.17, 15) is 0 Å². The Bertz CT molecular complexity index is 865. The molecule has 4 heteroatoms. The topological polar surface area (TPSA) is 50.7 Å². The van der Waals surface area contributed by atoms with E-state index in [0.717, 1.165) is 35.6 Å². The number of rotatable bonds is 4. The van der Waals surface area contributed by atoms with Crippen molar-refractivity contribution in [2.75, 3.05) is 5.32 Å². The van der Waals surface area contributed by atoms with Crippen molar-refractivity contribution in [2.24, 2.45) is 0 Å². The van der Waals surface area contributed by atoms with E-state index in [1.54, 1.807) is 0 Å². The van der Waals surface area contributed by atoms with Gasteiger partial charge < -0.3 is 5.32 Å². The molecule has 4 rings (SSSR count). The standard InChI is InChI=1S/C21H22N4/c1-15-5-3-6-17(13-15)18-8-10-20(25-24-18)23-21(11-4-12-21)19-9-7-16(2)14-22-19/h3,5-10,13-14H,4,11-12H2,1-2H3,(H,23,25). The number of hydrogen-bond donors (Lipinski definition) is 1. The van der Waals surface area contributed by atoms with Crippen LogP contribution in [0.3, 0.4) is 0 Å². The van der Waals surface area contributed by atoms with Gasteiger partial charge in [0.05, 0.1) is 16.9 Å². The van der Waals surface area contributed by atoms with Gasteiger partial charge in [-0.25, -0.2) is 0 Å². The molecule has 1 saturated carbocycles. The highest BCUT2D eigenvalue weighted by atomic mass is 15.2. The molecule has 1 fully saturated rings. The number of aromatic nitrogens is 3. The lowest BCUT2D eigenvalue weighted by atomic mass is 9.74. The summed E-state index contributed by atoms with van der Waals surface area (Å²) in [6, 6.07) is 16.6. The molecule has 0 spiro atoms. The van der Waals surface area contributed by atoms with Gasteiger partial charge in [-0.3, -0.25) is 4.98 Å². The van der Waals surface area contributed by atoms with Gasteiger partial charge in [0.25, 0.3) is 0 Å². The normalized spacial score (nSPS) is 15.4. The summed E-state index contributed by atoms with van der Waals surface area (Å²) in [5.41, 5.74) is 5.38. The predicted octanol–water partition coefficient (Wildman–Crippen LogP) is 4.65. The second-order valence-corrected chi connectivity index (χ2v) is 6.95. The Kier molecular flexibility index (Phi) is 3.96. The Morgan fingerprint density at radius 1 is 0.920 bits per heavy atom. The van der Waals surface area contributed by atoms with Crippen molar-refractivity contribution < 1.29 is 0 Å². The molecule has 1 aliphatic rings. The summed E-state index contributed by atoms with van der Waals surface area (Å²) in [5.74, 6) is 0.804. The summed E-state index contributed by atoms with van der Waals surface area (Å²) in [6.07, 6.45) is 5.29. The van der Waals surface area contributed by atoms with E-state index in [0.29, 0.717) is 0 Å². The number of nitrogens with zero attached hydrogens (tertiary/aromatic N) is 3. The van der Waals surface area contributed by atoms with Crippen LogP contribution in [-0.4, -0.2) is 15.2 Å². The van der Waals surface area contributed by atoms with E-state index in [2.05, 4.69) is 64.7 Å². The molecule has 1 aromatic carbocycles. The predicted molar refractivity (Wildman–Crippen MR) is 100 cm³/mol. The fourth-order valence-corrected chi connectivity index (χ4v) is 3.33. The minimum atomic E-state index is -0.104. The van der Waals surface area contributed by atoms with Crippen LogP contribution in [-0.2, 0) is 5.54 Å². The second kappa shape index (κ2) is 6.28. The van der Waals surface area contributed by atoms with Crippen molar-refractivity contribution in [2.45, 2.75) is 38.6 Å². The van der Waals surface area contributed by atoms with Gasteiger partial charge in [-0.2, -0.15) is 0 Å². The van der Waals surface area contributed by atoms with Gasteiger partial charge in [-0.1, -0.05) is 29.8 Å². The molecule has 25 heavy (non-hydrogen) atoms. The lowest BCUT2D eigenvalue weighted by molar-refractivity contribution is 0.275. The second-order valence-electron chi connectivity index (χ2n) is 6.95. The number of hydrogen-bond acceptors (Lipinski definition) is 4. The van der Waals surface area contributed by atoms with Crippen LogP contribution in [0, 0.1) is 13.8 Å². The van der Waals surface area contributed by atoms with Crippen LogP contribution in [0.25, 0.3) is 11.3 Å². The number of nitrogens with one attached hydrogen (secondary N) is 1. The molecule has 0 aliphatic heterocycles. The fraction of sp³-hybridized carbons (Fsp3) is 0.286. The third kappa shape index (κ3) is 3.12. The quantitative estimate of drug-likeness (QED) is 0.757. The smallest absolute Gasteiger partial charge is 0.149 e. The third-order valence-electron chi connectivity index (χ3n) is 4.95. The largest absolute Gasteiger partial charge is 0.357 e. The van der Waals surface area contributed by atoms with E-state index in [1.807, 2.05) is 24.4 Å². The van der Waals surface area contributed by atoms with Crippen LogP contribution in [0.5, 0.6) is 0 Å². The highest BCUT2D eigenvalue weighted by Crippen LogP contribution is 2.42. The van der Waals surface area contributed by atoms with Crippen LogP contribution in [0.15, 0.2) is 54.7 Å². The van der Waals surface area contributed by atoms with E-state index in [4.69, 9.17) is 0 Å². The zero-order valence-corrected chi connectivity index (χ0v) is 14.7. The number of pyridine rings is 1. The summed E-state index contributed by atoms with van der Waals surface area (Å²) >= 11 is 0. The summed E-state index contributed by atoms with van der Waals surface area (Å²) in [5, 5.41) is 12.4. The minimum absolute atomic E-state index is 0.104. The maximum atomic E-state index is 4.63. The highest BCUT2D eigenvalue weighted by Gasteiger charge is 2.40. The van der Waals surface area contributed by atoms with Gasteiger partial charge in [0.2, 0.25) is 0 Å². The molecule has 126 valence electrons. The molecule has 0 saturated heterocycles. The Balaban J connectivity index is 1.57. The first kappa shape index (κ1) is 15.8. The third-order valence-corrected chi connectivity index (χ3v) is 4.95. The summed E-state index contributed by atoms with van der Waals surface area (Å²) in [6.45, 7) is 4.15. The average molecular weight is 330 g/mol. The van der Waals surface area contributed by atoms with Crippen LogP contribution >= 0.6 is 0 Å². The van der Waals surface area contributed by atoms with Gasteiger partial charge in [0.15, 0.2) is 0 Å². The molecule has 0 radical (unpaired) electrons. The molecule has 1 N–H and O–H groups in total. The summed E-state index contributed by atoms with van der Waals surface area (Å²) < 4.78 is 0. The number of anilines is 1. The first-order valence-corrected chi connectivity index (χ1v) is 8.77. The molecule has 1 aliphatic carbocycles. The molecular formula is C21H22N4. The lowest BCUT2D eigenvalue weighted by Crippen LogP contribution is -2.43. The molecule has 4 nitrogen and oxygen atoms in total. The zero-order valence-electron chi connectivity index (χ0n) is 14.7. The molecular weight excluding hydrogens is 308 g/mol. The van der Waals surface area contributed by atoms with Crippen molar-refractivity contribution in [3.8, 4) is 11.3 Å². The Morgan fingerprint density at radius 3 is 2.40 bits per heavy atom. The Labute approximate surface area is 148 Å². The highest BCUT2D eigenvalue weighted by molar-refractivity contribution is 5.60. The molecule has 2 aromatic heterocycles. The van der Waals surface area contributed by atoms with Crippen molar-refractivity contribution in [3.05, 3.63) is 71.5 Å².